The quantitative estimate of drug-likeness (QED) is 0.611. The van der Waals surface area contributed by atoms with Crippen molar-refractivity contribution in [3.63, 3.8) is 0 Å². The Kier molecular flexibility index (Phi) is 3.22. The van der Waals surface area contributed by atoms with Gasteiger partial charge >= 0.3 is 6.03 Å². The van der Waals surface area contributed by atoms with Gasteiger partial charge in [0.2, 0.25) is 0 Å². The highest BCUT2D eigenvalue weighted by atomic mass is 16.3. The van der Waals surface area contributed by atoms with E-state index in [0.717, 1.165) is 38.5 Å². The minimum absolute atomic E-state index is 0.0894. The molecule has 0 aromatic rings. The molecule has 2 aliphatic carbocycles. The Labute approximate surface area is 112 Å². The Morgan fingerprint density at radius 3 is 2.68 bits per heavy atom. The van der Waals surface area contributed by atoms with Crippen LogP contribution < -0.4 is 10.6 Å². The molecule has 6 heteroatoms. The zero-order chi connectivity index (χ0) is 13.5. The second-order valence-electron chi connectivity index (χ2n) is 5.97. The van der Waals surface area contributed by atoms with Crippen molar-refractivity contribution in [2.75, 3.05) is 13.1 Å². The topological polar surface area (TPSA) is 81.7 Å². The number of carbonyl (C=O) groups is 2. The number of hydrogen-bond acceptors (Lipinski definition) is 4. The maximum Gasteiger partial charge on any atom is 0.325 e. The molecule has 0 radical (unpaired) electrons. The summed E-state index contributed by atoms with van der Waals surface area (Å²) in [5.41, 5.74) is -0.666. The van der Waals surface area contributed by atoms with Crippen molar-refractivity contribution in [3.8, 4) is 0 Å². The summed E-state index contributed by atoms with van der Waals surface area (Å²) < 4.78 is 0. The maximum absolute atomic E-state index is 12.3. The van der Waals surface area contributed by atoms with E-state index in [1.807, 2.05) is 0 Å². The van der Waals surface area contributed by atoms with Crippen LogP contribution in [0, 0.1) is 0 Å². The van der Waals surface area contributed by atoms with Crippen LogP contribution in [0.15, 0.2) is 0 Å². The Balaban J connectivity index is 1.57. The van der Waals surface area contributed by atoms with Gasteiger partial charge in [0.15, 0.2) is 0 Å². The number of amides is 3. The normalized spacial score (nSPS) is 27.1. The van der Waals surface area contributed by atoms with Crippen molar-refractivity contribution in [3.05, 3.63) is 0 Å². The van der Waals surface area contributed by atoms with Crippen LogP contribution in [0.3, 0.4) is 0 Å². The van der Waals surface area contributed by atoms with Gasteiger partial charge in [0.1, 0.15) is 5.54 Å². The molecule has 3 fully saturated rings. The van der Waals surface area contributed by atoms with Crippen LogP contribution in [0.25, 0.3) is 0 Å². The van der Waals surface area contributed by atoms with Crippen molar-refractivity contribution >= 4 is 11.9 Å². The zero-order valence-electron chi connectivity index (χ0n) is 11.0. The maximum atomic E-state index is 12.3. The summed E-state index contributed by atoms with van der Waals surface area (Å²) in [5.74, 6) is -0.152. The van der Waals surface area contributed by atoms with Crippen molar-refractivity contribution in [1.29, 1.82) is 0 Å². The van der Waals surface area contributed by atoms with Crippen molar-refractivity contribution in [1.82, 2.24) is 15.5 Å². The van der Waals surface area contributed by atoms with Crippen molar-refractivity contribution < 1.29 is 14.7 Å². The largest absolute Gasteiger partial charge is 0.390 e. The summed E-state index contributed by atoms with van der Waals surface area (Å²) in [6.07, 6.45) is 5.02. The number of carbonyl (C=O) groups excluding carboxylic acids is 2. The Morgan fingerprint density at radius 1 is 1.37 bits per heavy atom. The molecular formula is C13H21N3O3. The van der Waals surface area contributed by atoms with Gasteiger partial charge in [0, 0.05) is 12.6 Å². The molecule has 0 bridgehead atoms. The number of imide groups is 1. The second-order valence-corrected chi connectivity index (χ2v) is 5.97. The zero-order valence-corrected chi connectivity index (χ0v) is 11.0. The van der Waals surface area contributed by atoms with Gasteiger partial charge in [-0.2, -0.15) is 0 Å². The molecule has 1 saturated heterocycles. The molecular weight excluding hydrogens is 246 g/mol. The van der Waals surface area contributed by atoms with Gasteiger partial charge in [0.25, 0.3) is 5.91 Å². The fourth-order valence-corrected chi connectivity index (χ4v) is 3.02. The molecule has 1 aliphatic heterocycles. The lowest BCUT2D eigenvalue weighted by molar-refractivity contribution is -0.132. The monoisotopic (exact) mass is 267 g/mol. The van der Waals surface area contributed by atoms with Crippen LogP contribution in [-0.2, 0) is 4.79 Å². The lowest BCUT2D eigenvalue weighted by Crippen LogP contribution is -2.45. The first-order chi connectivity index (χ1) is 9.11. The summed E-state index contributed by atoms with van der Waals surface area (Å²) in [5, 5.41) is 15.9. The summed E-state index contributed by atoms with van der Waals surface area (Å²) in [6, 6.07) is 0.163. The average Bonchev–Trinajstić information content (AvgIpc) is 3.06. The molecule has 2 saturated carbocycles. The molecule has 3 N–H and O–H groups in total. The number of hydrogen-bond donors (Lipinski definition) is 3. The fourth-order valence-electron chi connectivity index (χ4n) is 3.02. The third-order valence-electron chi connectivity index (χ3n) is 4.32. The minimum Gasteiger partial charge on any atom is -0.390 e. The molecule has 3 amide bonds. The average molecular weight is 267 g/mol. The molecule has 6 nitrogen and oxygen atoms in total. The van der Waals surface area contributed by atoms with Gasteiger partial charge in [-0.25, -0.2) is 4.79 Å². The predicted octanol–water partition coefficient (Wildman–Crippen LogP) is -0.0361. The molecule has 1 heterocycles. The van der Waals surface area contributed by atoms with Crippen molar-refractivity contribution in [2.24, 2.45) is 0 Å². The van der Waals surface area contributed by atoms with Gasteiger partial charge in [-0.05, 0) is 25.7 Å². The highest BCUT2D eigenvalue weighted by molar-refractivity contribution is 6.07. The molecule has 1 spiro atoms. The van der Waals surface area contributed by atoms with Gasteiger partial charge in [0.05, 0.1) is 12.6 Å². The molecule has 3 aliphatic rings. The number of nitrogens with one attached hydrogen (secondary N) is 2. The SMILES string of the molecule is O=C1NC2(CCCC2)C(=O)N1CC(O)CNC1CC1. The lowest BCUT2D eigenvalue weighted by Gasteiger charge is -2.21. The molecule has 1 unspecified atom stereocenters. The number of urea groups is 1. The lowest BCUT2D eigenvalue weighted by atomic mass is 9.98. The van der Waals surface area contributed by atoms with E-state index >= 15 is 0 Å². The molecule has 19 heavy (non-hydrogen) atoms. The highest BCUT2D eigenvalue weighted by Gasteiger charge is 2.52. The Hall–Kier alpha value is -1.14. The molecule has 0 aromatic carbocycles. The first-order valence-corrected chi connectivity index (χ1v) is 7.16. The third kappa shape index (κ3) is 2.47. The minimum atomic E-state index is -0.688. The summed E-state index contributed by atoms with van der Waals surface area (Å²) in [7, 11) is 0. The summed E-state index contributed by atoms with van der Waals surface area (Å²) in [4.78, 5) is 25.4. The highest BCUT2D eigenvalue weighted by Crippen LogP contribution is 2.35. The number of aliphatic hydroxyl groups excluding tert-OH is 1. The Bertz CT molecular complexity index is 389. The van der Waals surface area contributed by atoms with Crippen LogP contribution >= 0.6 is 0 Å². The number of rotatable bonds is 5. The number of β-amino-alcohol motifs (C(OH)–C–C–N with tert-alkyl or cyclic N) is 1. The van der Waals surface area contributed by atoms with Gasteiger partial charge in [-0.15, -0.1) is 0 Å². The van der Waals surface area contributed by atoms with Crippen LogP contribution in [0.5, 0.6) is 0 Å². The van der Waals surface area contributed by atoms with Crippen LogP contribution in [0.2, 0.25) is 0 Å². The first kappa shape index (κ1) is 12.9. The molecule has 1 atom stereocenters. The smallest absolute Gasteiger partial charge is 0.325 e. The number of nitrogens with zero attached hydrogens (tertiary/aromatic N) is 1. The van der Waals surface area contributed by atoms with Gasteiger partial charge in [-0.1, -0.05) is 12.8 Å². The van der Waals surface area contributed by atoms with E-state index in [-0.39, 0.29) is 18.5 Å². The van der Waals surface area contributed by atoms with E-state index in [0.29, 0.717) is 12.6 Å². The van der Waals surface area contributed by atoms with Gasteiger partial charge in [-0.3, -0.25) is 9.69 Å². The van der Waals surface area contributed by atoms with E-state index in [4.69, 9.17) is 0 Å². The Morgan fingerprint density at radius 2 is 2.05 bits per heavy atom. The molecule has 106 valence electrons. The summed E-state index contributed by atoms with van der Waals surface area (Å²) >= 11 is 0. The standard InChI is InChI=1S/C13H21N3O3/c17-10(7-14-9-3-4-9)8-16-11(18)13(15-12(16)19)5-1-2-6-13/h9-10,14,17H,1-8H2,(H,15,19). The van der Waals surface area contributed by atoms with E-state index in [1.54, 1.807) is 0 Å². The third-order valence-corrected chi connectivity index (χ3v) is 4.32. The van der Waals surface area contributed by atoms with E-state index < -0.39 is 11.6 Å². The van der Waals surface area contributed by atoms with Crippen LogP contribution in [0.4, 0.5) is 4.79 Å². The first-order valence-electron chi connectivity index (χ1n) is 7.16. The predicted molar refractivity (Wildman–Crippen MR) is 68.5 cm³/mol. The number of aliphatic hydroxyl groups is 1. The molecule has 3 rings (SSSR count). The fraction of sp³-hybridized carbons (Fsp3) is 0.846. The summed E-state index contributed by atoms with van der Waals surface area (Å²) in [6.45, 7) is 0.529. The van der Waals surface area contributed by atoms with E-state index in [9.17, 15) is 14.7 Å². The van der Waals surface area contributed by atoms with E-state index in [1.165, 1.54) is 4.90 Å². The molecule has 0 aromatic heterocycles. The second kappa shape index (κ2) is 4.76. The van der Waals surface area contributed by atoms with Gasteiger partial charge < -0.3 is 15.7 Å². The van der Waals surface area contributed by atoms with Crippen LogP contribution in [0.1, 0.15) is 38.5 Å². The van der Waals surface area contributed by atoms with Crippen LogP contribution in [-0.4, -0.2) is 52.7 Å². The van der Waals surface area contributed by atoms with E-state index in [2.05, 4.69) is 10.6 Å². The van der Waals surface area contributed by atoms with Crippen molar-refractivity contribution in [2.45, 2.75) is 56.2 Å².